The van der Waals surface area contributed by atoms with Gasteiger partial charge in [-0.3, -0.25) is 4.57 Å². The number of hydrogen-bond acceptors (Lipinski definition) is 6. The molecule has 1 aromatic heterocycles. The fourth-order valence-electron chi connectivity index (χ4n) is 2.33. The zero-order valence-corrected chi connectivity index (χ0v) is 13.4. The van der Waals surface area contributed by atoms with Crippen molar-refractivity contribution in [3.8, 4) is 5.75 Å². The van der Waals surface area contributed by atoms with Crippen molar-refractivity contribution in [2.45, 2.75) is 13.5 Å². The standard InChI is InChI=1S/C18H15NO6/c1-2-23-17(21)12-7-9-13(10-8-12)24-16(20)11-19-14-5-3-4-6-15(14)25-18(19)22/h3-10H,2,11H2,1H3. The molecule has 3 rings (SSSR count). The Balaban J connectivity index is 1.71. The van der Waals surface area contributed by atoms with Crippen LogP contribution in [0.5, 0.6) is 5.75 Å². The zero-order valence-electron chi connectivity index (χ0n) is 13.4. The van der Waals surface area contributed by atoms with Crippen LogP contribution in [0.1, 0.15) is 17.3 Å². The first-order valence-electron chi connectivity index (χ1n) is 7.64. The van der Waals surface area contributed by atoms with Gasteiger partial charge in [0.25, 0.3) is 0 Å². The number of aromatic nitrogens is 1. The van der Waals surface area contributed by atoms with Crippen molar-refractivity contribution >= 4 is 23.0 Å². The molecular weight excluding hydrogens is 326 g/mol. The summed E-state index contributed by atoms with van der Waals surface area (Å²) in [7, 11) is 0. The molecule has 0 amide bonds. The van der Waals surface area contributed by atoms with E-state index >= 15 is 0 Å². The van der Waals surface area contributed by atoms with E-state index in [2.05, 4.69) is 0 Å². The molecule has 3 aromatic rings. The molecule has 25 heavy (non-hydrogen) atoms. The molecule has 0 unspecified atom stereocenters. The summed E-state index contributed by atoms with van der Waals surface area (Å²) in [6, 6.07) is 12.8. The highest BCUT2D eigenvalue weighted by Gasteiger charge is 2.14. The van der Waals surface area contributed by atoms with Crippen LogP contribution >= 0.6 is 0 Å². The van der Waals surface area contributed by atoms with E-state index in [0.717, 1.165) is 0 Å². The van der Waals surface area contributed by atoms with E-state index in [1.54, 1.807) is 31.2 Å². The third-order valence-electron chi connectivity index (χ3n) is 3.46. The van der Waals surface area contributed by atoms with Gasteiger partial charge >= 0.3 is 17.7 Å². The van der Waals surface area contributed by atoms with E-state index in [1.165, 1.54) is 28.8 Å². The number of fused-ring (bicyclic) bond motifs is 1. The van der Waals surface area contributed by atoms with Crippen LogP contribution in [0.25, 0.3) is 11.1 Å². The molecule has 0 fully saturated rings. The van der Waals surface area contributed by atoms with Gasteiger partial charge < -0.3 is 13.9 Å². The van der Waals surface area contributed by atoms with Crippen molar-refractivity contribution in [2.24, 2.45) is 0 Å². The van der Waals surface area contributed by atoms with Crippen LogP contribution in [-0.4, -0.2) is 23.1 Å². The monoisotopic (exact) mass is 341 g/mol. The summed E-state index contributed by atoms with van der Waals surface area (Å²) in [5.41, 5.74) is 1.28. The number of nitrogens with zero attached hydrogens (tertiary/aromatic N) is 1. The maximum Gasteiger partial charge on any atom is 0.420 e. The lowest BCUT2D eigenvalue weighted by atomic mass is 10.2. The molecule has 1 heterocycles. The molecule has 128 valence electrons. The topological polar surface area (TPSA) is 87.7 Å². The van der Waals surface area contributed by atoms with Gasteiger partial charge in [0.15, 0.2) is 5.58 Å². The normalized spacial score (nSPS) is 10.6. The molecular formula is C18H15NO6. The lowest BCUT2D eigenvalue weighted by Gasteiger charge is -2.06. The maximum absolute atomic E-state index is 12.1. The third-order valence-corrected chi connectivity index (χ3v) is 3.46. The van der Waals surface area contributed by atoms with E-state index in [0.29, 0.717) is 16.7 Å². The first-order valence-corrected chi connectivity index (χ1v) is 7.64. The summed E-state index contributed by atoms with van der Waals surface area (Å²) < 4.78 is 16.3. The maximum atomic E-state index is 12.1. The van der Waals surface area contributed by atoms with Gasteiger partial charge in [0.1, 0.15) is 12.3 Å². The number of carbonyl (C=O) groups excluding carboxylic acids is 2. The summed E-state index contributed by atoms with van der Waals surface area (Å²) in [4.78, 5) is 35.5. The molecule has 7 heteroatoms. The van der Waals surface area contributed by atoms with Gasteiger partial charge in [0, 0.05) is 0 Å². The number of benzene rings is 2. The highest BCUT2D eigenvalue weighted by atomic mass is 16.5. The fourth-order valence-corrected chi connectivity index (χ4v) is 2.33. The zero-order chi connectivity index (χ0) is 17.8. The van der Waals surface area contributed by atoms with Gasteiger partial charge in [0.2, 0.25) is 0 Å². The minimum absolute atomic E-state index is 0.263. The van der Waals surface area contributed by atoms with Crippen LogP contribution in [0.15, 0.2) is 57.7 Å². The van der Waals surface area contributed by atoms with Gasteiger partial charge in [0.05, 0.1) is 17.7 Å². The van der Waals surface area contributed by atoms with Gasteiger partial charge in [-0.05, 0) is 43.3 Å². The van der Waals surface area contributed by atoms with Crippen LogP contribution in [0, 0.1) is 0 Å². The average molecular weight is 341 g/mol. The predicted molar refractivity (Wildman–Crippen MR) is 88.5 cm³/mol. The molecule has 0 N–H and O–H groups in total. The summed E-state index contributed by atoms with van der Waals surface area (Å²) in [5, 5.41) is 0. The number of carbonyl (C=O) groups is 2. The third kappa shape index (κ3) is 3.60. The number of rotatable bonds is 5. The van der Waals surface area contributed by atoms with Crippen molar-refractivity contribution in [1.82, 2.24) is 4.57 Å². The van der Waals surface area contributed by atoms with Crippen LogP contribution in [0.2, 0.25) is 0 Å². The van der Waals surface area contributed by atoms with Crippen LogP contribution in [0.3, 0.4) is 0 Å². The lowest BCUT2D eigenvalue weighted by Crippen LogP contribution is -2.23. The van der Waals surface area contributed by atoms with E-state index < -0.39 is 17.7 Å². The largest absolute Gasteiger partial charge is 0.462 e. The molecule has 0 spiro atoms. The Hall–Kier alpha value is -3.35. The Morgan fingerprint density at radius 3 is 2.52 bits per heavy atom. The molecule has 0 saturated heterocycles. The smallest absolute Gasteiger partial charge is 0.420 e. The van der Waals surface area contributed by atoms with E-state index in [-0.39, 0.29) is 18.9 Å². The Morgan fingerprint density at radius 1 is 1.08 bits per heavy atom. The van der Waals surface area contributed by atoms with Crippen LogP contribution in [-0.2, 0) is 16.1 Å². The summed E-state index contributed by atoms with van der Waals surface area (Å²) in [6.07, 6.45) is 0. The number of oxazole rings is 1. The second-order valence-corrected chi connectivity index (χ2v) is 5.14. The van der Waals surface area contributed by atoms with Crippen molar-refractivity contribution in [3.05, 3.63) is 64.6 Å². The molecule has 0 bridgehead atoms. The van der Waals surface area contributed by atoms with Crippen LogP contribution in [0.4, 0.5) is 0 Å². The molecule has 0 radical (unpaired) electrons. The summed E-state index contributed by atoms with van der Waals surface area (Å²) >= 11 is 0. The molecule has 0 atom stereocenters. The molecule has 0 aliphatic rings. The Labute approximate surface area is 142 Å². The second kappa shape index (κ2) is 7.04. The Bertz CT molecular complexity index is 967. The lowest BCUT2D eigenvalue weighted by molar-refractivity contribution is -0.135. The predicted octanol–water partition coefficient (Wildman–Crippen LogP) is 2.38. The van der Waals surface area contributed by atoms with Crippen LogP contribution < -0.4 is 10.5 Å². The Kier molecular flexibility index (Phi) is 4.65. The summed E-state index contributed by atoms with van der Waals surface area (Å²) in [6.45, 7) is 1.72. The summed E-state index contributed by atoms with van der Waals surface area (Å²) in [5.74, 6) is -1.44. The van der Waals surface area contributed by atoms with E-state index in [1.807, 2.05) is 0 Å². The minimum Gasteiger partial charge on any atom is -0.462 e. The van der Waals surface area contributed by atoms with E-state index in [4.69, 9.17) is 13.9 Å². The van der Waals surface area contributed by atoms with Gasteiger partial charge in [-0.15, -0.1) is 0 Å². The molecule has 7 nitrogen and oxygen atoms in total. The van der Waals surface area contributed by atoms with Crippen molar-refractivity contribution in [1.29, 1.82) is 0 Å². The SMILES string of the molecule is CCOC(=O)c1ccc(OC(=O)Cn2c(=O)oc3ccccc32)cc1. The molecule has 2 aromatic carbocycles. The van der Waals surface area contributed by atoms with Gasteiger partial charge in [-0.2, -0.15) is 0 Å². The first-order chi connectivity index (χ1) is 12.1. The van der Waals surface area contributed by atoms with Crippen molar-refractivity contribution in [3.63, 3.8) is 0 Å². The number of para-hydroxylation sites is 2. The minimum atomic E-state index is -0.629. The van der Waals surface area contributed by atoms with Crippen molar-refractivity contribution in [2.75, 3.05) is 6.61 Å². The highest BCUT2D eigenvalue weighted by molar-refractivity contribution is 5.89. The molecule has 0 aliphatic carbocycles. The molecule has 0 saturated carbocycles. The van der Waals surface area contributed by atoms with Crippen molar-refractivity contribution < 1.29 is 23.5 Å². The second-order valence-electron chi connectivity index (χ2n) is 5.14. The van der Waals surface area contributed by atoms with Gasteiger partial charge in [-0.25, -0.2) is 14.4 Å². The average Bonchev–Trinajstić information content (AvgIpc) is 2.91. The highest BCUT2D eigenvalue weighted by Crippen LogP contribution is 2.15. The first kappa shape index (κ1) is 16.5. The fraction of sp³-hybridized carbons (Fsp3) is 0.167. The number of esters is 2. The molecule has 0 aliphatic heterocycles. The quantitative estimate of drug-likeness (QED) is 0.523. The van der Waals surface area contributed by atoms with E-state index in [9.17, 15) is 14.4 Å². The number of ether oxygens (including phenoxy) is 2. The Morgan fingerprint density at radius 2 is 1.80 bits per heavy atom. The van der Waals surface area contributed by atoms with Gasteiger partial charge in [-0.1, -0.05) is 12.1 Å². The number of hydrogen-bond donors (Lipinski definition) is 0.